The number of nitrogens with zero attached hydrogens (tertiary/aromatic N) is 2. The lowest BCUT2D eigenvalue weighted by atomic mass is 10.1. The SMILES string of the molecule is CCCS(=O)(=O)N1CCC(NC(=NCC(C)Oc2cccc(F)c2)NCC)CC1.I. The van der Waals surface area contributed by atoms with Crippen LogP contribution >= 0.6 is 24.0 Å². The molecule has 30 heavy (non-hydrogen) atoms. The van der Waals surface area contributed by atoms with Crippen LogP contribution in [-0.2, 0) is 10.0 Å². The highest BCUT2D eigenvalue weighted by Crippen LogP contribution is 2.16. The maximum absolute atomic E-state index is 13.3. The third-order valence-corrected chi connectivity index (χ3v) is 6.71. The predicted molar refractivity (Wildman–Crippen MR) is 130 cm³/mol. The minimum atomic E-state index is -3.13. The monoisotopic (exact) mass is 556 g/mol. The van der Waals surface area contributed by atoms with Crippen molar-refractivity contribution >= 4 is 40.0 Å². The first kappa shape index (κ1) is 26.9. The lowest BCUT2D eigenvalue weighted by Crippen LogP contribution is -2.50. The standard InChI is InChI=1S/C20H33FN4O3S.HI/c1-4-13-29(26,27)25-11-9-18(10-12-25)24-20(22-5-2)23-15-16(3)28-19-8-6-7-17(21)14-19;/h6-8,14,16,18H,4-5,9-13,15H2,1-3H3,(H2,22,23,24);1H. The van der Waals surface area contributed by atoms with Crippen molar-refractivity contribution in [2.75, 3.05) is 31.9 Å². The van der Waals surface area contributed by atoms with Gasteiger partial charge in [0.05, 0.1) is 12.3 Å². The van der Waals surface area contributed by atoms with E-state index in [1.165, 1.54) is 12.1 Å². The zero-order chi connectivity index (χ0) is 21.3. The van der Waals surface area contributed by atoms with Crippen LogP contribution in [0, 0.1) is 5.82 Å². The van der Waals surface area contributed by atoms with E-state index in [0.29, 0.717) is 44.3 Å². The molecule has 0 bridgehead atoms. The number of ether oxygens (including phenoxy) is 1. The fourth-order valence-electron chi connectivity index (χ4n) is 3.21. The second-order valence-corrected chi connectivity index (χ2v) is 9.33. The largest absolute Gasteiger partial charge is 0.489 e. The molecular weight excluding hydrogens is 522 g/mol. The summed E-state index contributed by atoms with van der Waals surface area (Å²) in [6.45, 7) is 7.93. The van der Waals surface area contributed by atoms with Gasteiger partial charge in [0.1, 0.15) is 17.7 Å². The number of nitrogens with one attached hydrogen (secondary N) is 2. The molecule has 2 rings (SSSR count). The summed E-state index contributed by atoms with van der Waals surface area (Å²) in [5.74, 6) is 1.03. The van der Waals surface area contributed by atoms with E-state index in [9.17, 15) is 12.8 Å². The summed E-state index contributed by atoms with van der Waals surface area (Å²) in [6.07, 6.45) is 1.90. The minimum absolute atomic E-state index is 0. The van der Waals surface area contributed by atoms with E-state index in [0.717, 1.165) is 12.8 Å². The normalized spacial score (nSPS) is 17.1. The average molecular weight is 556 g/mol. The number of rotatable bonds is 9. The molecule has 1 aliphatic heterocycles. The van der Waals surface area contributed by atoms with Gasteiger partial charge in [-0.25, -0.2) is 22.1 Å². The maximum atomic E-state index is 13.3. The molecule has 0 radical (unpaired) electrons. The lowest BCUT2D eigenvalue weighted by Gasteiger charge is -2.32. The van der Waals surface area contributed by atoms with Crippen LogP contribution < -0.4 is 15.4 Å². The van der Waals surface area contributed by atoms with Crippen molar-refractivity contribution < 1.29 is 17.5 Å². The van der Waals surface area contributed by atoms with E-state index in [2.05, 4.69) is 15.6 Å². The van der Waals surface area contributed by atoms with E-state index in [-0.39, 0.29) is 47.7 Å². The molecule has 0 spiro atoms. The second kappa shape index (κ2) is 13.3. The first-order valence-electron chi connectivity index (χ1n) is 10.3. The fraction of sp³-hybridized carbons (Fsp3) is 0.650. The van der Waals surface area contributed by atoms with Crippen molar-refractivity contribution in [1.29, 1.82) is 0 Å². The number of guanidine groups is 1. The molecule has 1 aromatic rings. The maximum Gasteiger partial charge on any atom is 0.214 e. The molecule has 1 saturated heterocycles. The Morgan fingerprint density at radius 2 is 2.03 bits per heavy atom. The van der Waals surface area contributed by atoms with Gasteiger partial charge in [0.15, 0.2) is 5.96 Å². The number of aliphatic imine (C=N–C) groups is 1. The summed E-state index contributed by atoms with van der Waals surface area (Å²) >= 11 is 0. The van der Waals surface area contributed by atoms with Crippen molar-refractivity contribution in [3.63, 3.8) is 0 Å². The Kier molecular flexibility index (Phi) is 11.9. The van der Waals surface area contributed by atoms with Gasteiger partial charge in [0, 0.05) is 31.7 Å². The second-order valence-electron chi connectivity index (χ2n) is 7.24. The van der Waals surface area contributed by atoms with Crippen LogP contribution in [0.1, 0.15) is 40.0 Å². The van der Waals surface area contributed by atoms with Gasteiger partial charge in [-0.3, -0.25) is 0 Å². The van der Waals surface area contributed by atoms with Crippen molar-refractivity contribution in [2.24, 2.45) is 4.99 Å². The first-order valence-corrected chi connectivity index (χ1v) is 11.9. The molecule has 1 heterocycles. The Hall–Kier alpha value is -1.14. The molecule has 1 unspecified atom stereocenters. The van der Waals surface area contributed by atoms with Gasteiger partial charge < -0.3 is 15.4 Å². The summed E-state index contributed by atoms with van der Waals surface area (Å²) in [7, 11) is -3.13. The van der Waals surface area contributed by atoms with Gasteiger partial charge in [-0.05, 0) is 45.2 Å². The van der Waals surface area contributed by atoms with Gasteiger partial charge in [0.2, 0.25) is 10.0 Å². The van der Waals surface area contributed by atoms with Gasteiger partial charge in [-0.2, -0.15) is 0 Å². The molecule has 0 aromatic heterocycles. The fourth-order valence-corrected chi connectivity index (χ4v) is 4.75. The molecule has 1 aliphatic rings. The molecular formula is C20H34FIN4O3S. The van der Waals surface area contributed by atoms with Crippen molar-refractivity contribution in [3.05, 3.63) is 30.1 Å². The molecule has 0 amide bonds. The Balaban J connectivity index is 0.00000450. The van der Waals surface area contributed by atoms with Crippen LogP contribution in [0.5, 0.6) is 5.75 Å². The van der Waals surface area contributed by atoms with Crippen LogP contribution in [0.4, 0.5) is 4.39 Å². The Morgan fingerprint density at radius 3 is 2.63 bits per heavy atom. The molecule has 10 heteroatoms. The average Bonchev–Trinajstić information content (AvgIpc) is 2.67. The Labute approximate surface area is 196 Å². The number of sulfonamides is 1. The van der Waals surface area contributed by atoms with Crippen LogP contribution in [0.25, 0.3) is 0 Å². The number of piperidine rings is 1. The zero-order valence-electron chi connectivity index (χ0n) is 17.9. The minimum Gasteiger partial charge on any atom is -0.489 e. The third-order valence-electron chi connectivity index (χ3n) is 4.63. The summed E-state index contributed by atoms with van der Waals surface area (Å²) in [5.41, 5.74) is 0. The summed E-state index contributed by atoms with van der Waals surface area (Å²) < 4.78 is 45.0. The number of halogens is 2. The molecule has 0 aliphatic carbocycles. The smallest absolute Gasteiger partial charge is 0.214 e. The highest BCUT2D eigenvalue weighted by atomic mass is 127. The Bertz CT molecular complexity index is 771. The predicted octanol–water partition coefficient (Wildman–Crippen LogP) is 2.97. The van der Waals surface area contributed by atoms with Gasteiger partial charge in [-0.1, -0.05) is 13.0 Å². The third kappa shape index (κ3) is 8.93. The molecule has 0 saturated carbocycles. The van der Waals surface area contributed by atoms with Gasteiger partial charge in [0.25, 0.3) is 0 Å². The molecule has 7 nitrogen and oxygen atoms in total. The highest BCUT2D eigenvalue weighted by Gasteiger charge is 2.27. The van der Waals surface area contributed by atoms with E-state index < -0.39 is 10.0 Å². The highest BCUT2D eigenvalue weighted by molar-refractivity contribution is 14.0. The summed E-state index contributed by atoms with van der Waals surface area (Å²) in [4.78, 5) is 4.57. The van der Waals surface area contributed by atoms with Crippen molar-refractivity contribution in [1.82, 2.24) is 14.9 Å². The number of benzene rings is 1. The first-order chi connectivity index (χ1) is 13.8. The van der Waals surface area contributed by atoms with E-state index in [4.69, 9.17) is 4.74 Å². The zero-order valence-corrected chi connectivity index (χ0v) is 21.1. The molecule has 2 N–H and O–H groups in total. The van der Waals surface area contributed by atoms with Crippen LogP contribution in [0.15, 0.2) is 29.3 Å². The van der Waals surface area contributed by atoms with Gasteiger partial charge >= 0.3 is 0 Å². The van der Waals surface area contributed by atoms with Crippen LogP contribution in [0.2, 0.25) is 0 Å². The lowest BCUT2D eigenvalue weighted by molar-refractivity contribution is 0.229. The van der Waals surface area contributed by atoms with Crippen LogP contribution in [0.3, 0.4) is 0 Å². The number of hydrogen-bond donors (Lipinski definition) is 2. The summed E-state index contributed by atoms with van der Waals surface area (Å²) in [6, 6.07) is 6.22. The van der Waals surface area contributed by atoms with E-state index in [1.54, 1.807) is 16.4 Å². The van der Waals surface area contributed by atoms with Gasteiger partial charge in [-0.15, -0.1) is 24.0 Å². The quantitative estimate of drug-likeness (QED) is 0.278. The summed E-state index contributed by atoms with van der Waals surface area (Å²) in [5, 5.41) is 6.60. The molecule has 1 atom stereocenters. The topological polar surface area (TPSA) is 83.0 Å². The molecule has 1 aromatic carbocycles. The van der Waals surface area contributed by atoms with Crippen molar-refractivity contribution in [3.8, 4) is 5.75 Å². The Morgan fingerprint density at radius 1 is 1.33 bits per heavy atom. The van der Waals surface area contributed by atoms with E-state index in [1.807, 2.05) is 20.8 Å². The molecule has 1 fully saturated rings. The van der Waals surface area contributed by atoms with E-state index >= 15 is 0 Å². The van der Waals surface area contributed by atoms with Crippen LogP contribution in [-0.4, -0.2) is 62.8 Å². The molecule has 172 valence electrons. The number of hydrogen-bond acceptors (Lipinski definition) is 4. The van der Waals surface area contributed by atoms with Crippen molar-refractivity contribution in [2.45, 2.75) is 52.2 Å².